The van der Waals surface area contributed by atoms with Crippen LogP contribution in [0.25, 0.3) is 0 Å². The number of aromatic nitrogens is 1. The molecule has 1 aliphatic rings. The van der Waals surface area contributed by atoms with E-state index >= 15 is 0 Å². The summed E-state index contributed by atoms with van der Waals surface area (Å²) in [5.41, 5.74) is 1.93. The van der Waals surface area contributed by atoms with Gasteiger partial charge in [-0.25, -0.2) is 9.78 Å². The lowest BCUT2D eigenvalue weighted by molar-refractivity contribution is 0.135. The third-order valence-corrected chi connectivity index (χ3v) is 4.50. The van der Waals surface area contributed by atoms with Crippen LogP contribution in [-0.4, -0.2) is 23.2 Å². The molecule has 25 heavy (non-hydrogen) atoms. The van der Waals surface area contributed by atoms with Crippen LogP contribution in [-0.2, 0) is 0 Å². The summed E-state index contributed by atoms with van der Waals surface area (Å²) in [6.45, 7) is 2.00. The first-order valence-electron chi connectivity index (χ1n) is 8.51. The van der Waals surface area contributed by atoms with Gasteiger partial charge in [0, 0.05) is 24.0 Å². The normalized spacial score (nSPS) is 19.9. The minimum absolute atomic E-state index is 0.131. The Kier molecular flexibility index (Phi) is 5.76. The van der Waals surface area contributed by atoms with Gasteiger partial charge in [0.2, 0.25) is 5.88 Å². The fourth-order valence-electron chi connectivity index (χ4n) is 3.00. The first-order valence-corrected chi connectivity index (χ1v) is 8.89. The van der Waals surface area contributed by atoms with E-state index in [4.69, 9.17) is 16.3 Å². The Morgan fingerprint density at radius 1 is 1.20 bits per heavy atom. The van der Waals surface area contributed by atoms with E-state index in [0.29, 0.717) is 10.9 Å². The molecule has 3 rings (SSSR count). The van der Waals surface area contributed by atoms with E-state index in [1.165, 1.54) is 0 Å². The highest BCUT2D eigenvalue weighted by atomic mass is 35.5. The summed E-state index contributed by atoms with van der Waals surface area (Å²) in [4.78, 5) is 16.3. The molecule has 1 heterocycles. The first-order chi connectivity index (χ1) is 12.1. The second-order valence-corrected chi connectivity index (χ2v) is 6.81. The number of nitrogens with one attached hydrogen (secondary N) is 2. The van der Waals surface area contributed by atoms with Gasteiger partial charge in [-0.1, -0.05) is 23.7 Å². The molecule has 5 nitrogen and oxygen atoms in total. The molecule has 2 N–H and O–H groups in total. The van der Waals surface area contributed by atoms with Crippen molar-refractivity contribution in [1.82, 2.24) is 10.3 Å². The van der Waals surface area contributed by atoms with Crippen LogP contribution in [0.15, 0.2) is 42.6 Å². The zero-order valence-corrected chi connectivity index (χ0v) is 14.9. The maximum absolute atomic E-state index is 12.1. The van der Waals surface area contributed by atoms with Gasteiger partial charge in [-0.15, -0.1) is 0 Å². The Hall–Kier alpha value is -2.27. The number of aryl methyl sites for hydroxylation is 1. The van der Waals surface area contributed by atoms with Crippen molar-refractivity contribution in [3.8, 4) is 5.88 Å². The minimum atomic E-state index is -0.158. The molecule has 0 unspecified atom stereocenters. The van der Waals surface area contributed by atoms with Gasteiger partial charge in [0.05, 0.1) is 5.02 Å². The molecule has 0 bridgehead atoms. The van der Waals surface area contributed by atoms with Crippen LogP contribution in [0, 0.1) is 6.92 Å². The second-order valence-electron chi connectivity index (χ2n) is 6.37. The van der Waals surface area contributed by atoms with Crippen molar-refractivity contribution in [2.45, 2.75) is 44.8 Å². The van der Waals surface area contributed by atoms with Crippen molar-refractivity contribution < 1.29 is 9.53 Å². The molecule has 0 radical (unpaired) electrons. The molecule has 6 heteroatoms. The summed E-state index contributed by atoms with van der Waals surface area (Å²) in [5.74, 6) is 0.595. The van der Waals surface area contributed by atoms with E-state index in [0.717, 1.165) is 36.9 Å². The number of hydrogen-bond donors (Lipinski definition) is 2. The van der Waals surface area contributed by atoms with Gasteiger partial charge < -0.3 is 15.4 Å². The smallest absolute Gasteiger partial charge is 0.319 e. The third kappa shape index (κ3) is 5.36. The maximum Gasteiger partial charge on any atom is 0.319 e. The number of nitrogens with zero attached hydrogens (tertiary/aromatic N) is 1. The van der Waals surface area contributed by atoms with E-state index < -0.39 is 0 Å². The van der Waals surface area contributed by atoms with Gasteiger partial charge in [-0.3, -0.25) is 0 Å². The Balaban J connectivity index is 1.42. The van der Waals surface area contributed by atoms with Gasteiger partial charge in [-0.05, 0) is 56.4 Å². The molecule has 1 aliphatic carbocycles. The molecule has 0 saturated heterocycles. The van der Waals surface area contributed by atoms with E-state index in [2.05, 4.69) is 15.6 Å². The van der Waals surface area contributed by atoms with Gasteiger partial charge in [0.15, 0.2) is 0 Å². The van der Waals surface area contributed by atoms with Crippen molar-refractivity contribution in [3.63, 3.8) is 0 Å². The topological polar surface area (TPSA) is 63.2 Å². The third-order valence-electron chi connectivity index (χ3n) is 4.27. The molecular formula is C19H22ClN3O2. The minimum Gasteiger partial charge on any atom is -0.474 e. The second kappa shape index (κ2) is 8.21. The van der Waals surface area contributed by atoms with Crippen LogP contribution in [0.5, 0.6) is 5.88 Å². The van der Waals surface area contributed by atoms with Crippen molar-refractivity contribution in [2.75, 3.05) is 5.32 Å². The molecule has 1 fully saturated rings. The van der Waals surface area contributed by atoms with Crippen molar-refractivity contribution in [2.24, 2.45) is 0 Å². The van der Waals surface area contributed by atoms with Crippen LogP contribution < -0.4 is 15.4 Å². The number of anilines is 1. The van der Waals surface area contributed by atoms with Crippen LogP contribution in [0.1, 0.15) is 31.2 Å². The average Bonchev–Trinajstić information content (AvgIpc) is 2.59. The Bertz CT molecular complexity index is 713. The molecule has 2 aromatic rings. The van der Waals surface area contributed by atoms with Gasteiger partial charge >= 0.3 is 6.03 Å². The average molecular weight is 360 g/mol. The van der Waals surface area contributed by atoms with Gasteiger partial charge in [-0.2, -0.15) is 0 Å². The lowest BCUT2D eigenvalue weighted by Crippen LogP contribution is -2.41. The zero-order chi connectivity index (χ0) is 17.6. The lowest BCUT2D eigenvalue weighted by atomic mass is 9.93. The van der Waals surface area contributed by atoms with E-state index in [-0.39, 0.29) is 18.2 Å². The lowest BCUT2D eigenvalue weighted by Gasteiger charge is -2.29. The number of amides is 2. The predicted molar refractivity (Wildman–Crippen MR) is 99.3 cm³/mol. The van der Waals surface area contributed by atoms with Crippen molar-refractivity contribution >= 4 is 23.3 Å². The number of ether oxygens (including phenoxy) is 1. The summed E-state index contributed by atoms with van der Waals surface area (Å²) < 4.78 is 5.87. The summed E-state index contributed by atoms with van der Waals surface area (Å²) in [6, 6.07) is 11.3. The fourth-order valence-corrected chi connectivity index (χ4v) is 3.11. The summed E-state index contributed by atoms with van der Waals surface area (Å²) >= 11 is 5.82. The highest BCUT2D eigenvalue weighted by Gasteiger charge is 2.24. The molecule has 0 atom stereocenters. The van der Waals surface area contributed by atoms with E-state index in [1.54, 1.807) is 18.3 Å². The molecule has 132 valence electrons. The predicted octanol–water partition coefficient (Wildman–Crippen LogP) is 4.56. The molecule has 2 amide bonds. The Morgan fingerprint density at radius 3 is 2.68 bits per heavy atom. The van der Waals surface area contributed by atoms with E-state index in [9.17, 15) is 4.79 Å². The number of urea groups is 1. The number of carbonyl (C=O) groups is 1. The standard InChI is InChI=1S/C19H22ClN3O2/c1-13-3-2-4-16(11-13)23-19(24)22-15-6-8-17(9-7-15)25-18-10-5-14(20)12-21-18/h2-5,10-12,15,17H,6-9H2,1H3,(H2,22,23,24). The summed E-state index contributed by atoms with van der Waals surface area (Å²) in [5, 5.41) is 6.52. The molecule has 1 saturated carbocycles. The highest BCUT2D eigenvalue weighted by molar-refractivity contribution is 6.30. The monoisotopic (exact) mass is 359 g/mol. The summed E-state index contributed by atoms with van der Waals surface area (Å²) in [6.07, 6.45) is 5.27. The number of hydrogen-bond acceptors (Lipinski definition) is 3. The van der Waals surface area contributed by atoms with Crippen LogP contribution in [0.2, 0.25) is 5.02 Å². The van der Waals surface area contributed by atoms with Crippen LogP contribution >= 0.6 is 11.6 Å². The van der Waals surface area contributed by atoms with Crippen LogP contribution in [0.3, 0.4) is 0 Å². The number of pyridine rings is 1. The number of benzene rings is 1. The summed E-state index contributed by atoms with van der Waals surface area (Å²) in [7, 11) is 0. The zero-order valence-electron chi connectivity index (χ0n) is 14.2. The molecular weight excluding hydrogens is 338 g/mol. The van der Waals surface area contributed by atoms with Crippen molar-refractivity contribution in [3.05, 3.63) is 53.2 Å². The molecule has 0 spiro atoms. The van der Waals surface area contributed by atoms with Crippen molar-refractivity contribution in [1.29, 1.82) is 0 Å². The number of rotatable bonds is 4. The number of halogens is 1. The molecule has 1 aromatic carbocycles. The van der Waals surface area contributed by atoms with Gasteiger partial charge in [0.25, 0.3) is 0 Å². The molecule has 1 aromatic heterocycles. The SMILES string of the molecule is Cc1cccc(NC(=O)NC2CCC(Oc3ccc(Cl)cn3)CC2)c1. The Labute approximate surface area is 152 Å². The van der Waals surface area contributed by atoms with Gasteiger partial charge in [0.1, 0.15) is 6.10 Å². The quantitative estimate of drug-likeness (QED) is 0.841. The Morgan fingerprint density at radius 2 is 2.00 bits per heavy atom. The number of carbonyl (C=O) groups excluding carboxylic acids is 1. The maximum atomic E-state index is 12.1. The largest absolute Gasteiger partial charge is 0.474 e. The fraction of sp³-hybridized carbons (Fsp3) is 0.368. The van der Waals surface area contributed by atoms with Crippen LogP contribution in [0.4, 0.5) is 10.5 Å². The molecule has 0 aliphatic heterocycles. The highest BCUT2D eigenvalue weighted by Crippen LogP contribution is 2.23. The van der Waals surface area contributed by atoms with E-state index in [1.807, 2.05) is 31.2 Å². The first kappa shape index (κ1) is 17.5.